The van der Waals surface area contributed by atoms with Crippen LogP contribution >= 0.6 is 0 Å². The molecule has 2 aromatic carbocycles. The van der Waals surface area contributed by atoms with Crippen LogP contribution in [0, 0.1) is 11.8 Å². The van der Waals surface area contributed by atoms with Crippen molar-refractivity contribution in [3.8, 4) is 45.9 Å². The molecular weight excluding hydrogens is 562 g/mol. The Bertz CT molecular complexity index is 1880. The SMILES string of the molecule is COc1ccc2c(c1)C(=O)N(C[C@@]1(C#Cc3ccc(-c4nc(-c5cccnc5)ccc4OC(C)=O)cc3)NC(=O)NC1=O)C2. The third kappa shape index (κ3) is 5.44. The van der Waals surface area contributed by atoms with Gasteiger partial charge in [-0.2, -0.15) is 0 Å². The van der Waals surface area contributed by atoms with Gasteiger partial charge in [0.15, 0.2) is 5.75 Å². The summed E-state index contributed by atoms with van der Waals surface area (Å²) in [5.74, 6) is 5.31. The Morgan fingerprint density at radius 3 is 2.55 bits per heavy atom. The van der Waals surface area contributed by atoms with Gasteiger partial charge in [-0.1, -0.05) is 30.0 Å². The van der Waals surface area contributed by atoms with E-state index in [2.05, 4.69) is 27.5 Å². The van der Waals surface area contributed by atoms with Gasteiger partial charge in [0.05, 0.1) is 19.3 Å². The quantitative estimate of drug-likeness (QED) is 0.199. The molecular formula is C33H25N5O6. The van der Waals surface area contributed by atoms with Crippen molar-refractivity contribution in [1.29, 1.82) is 0 Å². The van der Waals surface area contributed by atoms with Gasteiger partial charge in [0.1, 0.15) is 11.4 Å². The molecule has 11 heteroatoms. The molecule has 4 amide bonds. The summed E-state index contributed by atoms with van der Waals surface area (Å²) >= 11 is 0. The maximum absolute atomic E-state index is 13.2. The van der Waals surface area contributed by atoms with Gasteiger partial charge >= 0.3 is 12.0 Å². The molecule has 218 valence electrons. The molecule has 0 unspecified atom stereocenters. The van der Waals surface area contributed by atoms with E-state index >= 15 is 0 Å². The second-order valence-electron chi connectivity index (χ2n) is 10.2. The third-order valence-corrected chi connectivity index (χ3v) is 7.21. The highest BCUT2D eigenvalue weighted by atomic mass is 16.5. The summed E-state index contributed by atoms with van der Waals surface area (Å²) in [5, 5.41) is 4.85. The van der Waals surface area contributed by atoms with Crippen LogP contribution in [0.2, 0.25) is 0 Å². The predicted molar refractivity (Wildman–Crippen MR) is 158 cm³/mol. The lowest BCUT2D eigenvalue weighted by atomic mass is 9.98. The molecule has 11 nitrogen and oxygen atoms in total. The largest absolute Gasteiger partial charge is 0.497 e. The summed E-state index contributed by atoms with van der Waals surface area (Å²) in [6, 6.07) is 18.6. The first kappa shape index (κ1) is 28.1. The number of amides is 4. The fraction of sp³-hybridized carbons (Fsp3) is 0.152. The van der Waals surface area contributed by atoms with E-state index in [1.165, 1.54) is 18.9 Å². The molecule has 1 fully saturated rings. The third-order valence-electron chi connectivity index (χ3n) is 7.21. The number of esters is 1. The van der Waals surface area contributed by atoms with Crippen molar-refractivity contribution in [2.45, 2.75) is 19.0 Å². The molecule has 2 aromatic heterocycles. The highest BCUT2D eigenvalue weighted by molar-refractivity contribution is 6.10. The molecule has 44 heavy (non-hydrogen) atoms. The van der Waals surface area contributed by atoms with Gasteiger partial charge in [-0.15, -0.1) is 0 Å². The average Bonchev–Trinajstić information content (AvgIpc) is 3.49. The Morgan fingerprint density at radius 1 is 1.05 bits per heavy atom. The maximum Gasteiger partial charge on any atom is 0.323 e. The Hall–Kier alpha value is -6.02. The van der Waals surface area contributed by atoms with Crippen LogP contribution in [-0.2, 0) is 16.1 Å². The number of nitrogens with one attached hydrogen (secondary N) is 2. The number of carbonyl (C=O) groups excluding carboxylic acids is 4. The average molecular weight is 588 g/mol. The molecule has 0 bridgehead atoms. The lowest BCUT2D eigenvalue weighted by molar-refractivity contribution is -0.131. The highest BCUT2D eigenvalue weighted by Gasteiger charge is 2.48. The van der Waals surface area contributed by atoms with Gasteiger partial charge in [0.25, 0.3) is 11.8 Å². The van der Waals surface area contributed by atoms with Crippen LogP contribution in [0.1, 0.15) is 28.4 Å². The minimum atomic E-state index is -1.65. The number of fused-ring (bicyclic) bond motifs is 1. The summed E-state index contributed by atoms with van der Waals surface area (Å²) in [6.07, 6.45) is 3.36. The second kappa shape index (κ2) is 11.3. The number of hydrogen-bond donors (Lipinski definition) is 2. The number of hydrogen-bond acceptors (Lipinski definition) is 8. The first-order valence-electron chi connectivity index (χ1n) is 13.6. The van der Waals surface area contributed by atoms with Crippen molar-refractivity contribution in [3.05, 3.63) is 95.8 Å². The van der Waals surface area contributed by atoms with Gasteiger partial charge in [0, 0.05) is 48.1 Å². The number of ether oxygens (including phenoxy) is 2. The van der Waals surface area contributed by atoms with E-state index in [1.54, 1.807) is 73.1 Å². The zero-order chi connectivity index (χ0) is 30.8. The van der Waals surface area contributed by atoms with Crippen LogP contribution in [-0.4, -0.2) is 57.9 Å². The van der Waals surface area contributed by atoms with Crippen molar-refractivity contribution in [1.82, 2.24) is 25.5 Å². The monoisotopic (exact) mass is 587 g/mol. The van der Waals surface area contributed by atoms with Gasteiger partial charge in [-0.25, -0.2) is 9.78 Å². The van der Waals surface area contributed by atoms with Crippen LogP contribution in [0.3, 0.4) is 0 Å². The van der Waals surface area contributed by atoms with E-state index < -0.39 is 23.4 Å². The molecule has 0 aliphatic carbocycles. The topological polar surface area (TPSA) is 140 Å². The predicted octanol–water partition coefficient (Wildman–Crippen LogP) is 3.33. The smallest absolute Gasteiger partial charge is 0.323 e. The van der Waals surface area contributed by atoms with Gasteiger partial charge in [-0.3, -0.25) is 24.7 Å². The van der Waals surface area contributed by atoms with E-state index in [4.69, 9.17) is 14.5 Å². The van der Waals surface area contributed by atoms with Crippen molar-refractivity contribution in [3.63, 3.8) is 0 Å². The molecule has 6 rings (SSSR count). The maximum atomic E-state index is 13.2. The number of methoxy groups -OCH3 is 1. The molecule has 0 spiro atoms. The number of urea groups is 1. The zero-order valence-corrected chi connectivity index (χ0v) is 23.7. The first-order valence-corrected chi connectivity index (χ1v) is 13.6. The zero-order valence-electron chi connectivity index (χ0n) is 23.7. The fourth-order valence-electron chi connectivity index (χ4n) is 5.07. The van der Waals surface area contributed by atoms with Crippen LogP contribution in [0.5, 0.6) is 11.5 Å². The van der Waals surface area contributed by atoms with Crippen LogP contribution in [0.25, 0.3) is 22.5 Å². The van der Waals surface area contributed by atoms with Crippen molar-refractivity contribution in [2.75, 3.05) is 13.7 Å². The lowest BCUT2D eigenvalue weighted by Gasteiger charge is -2.26. The van der Waals surface area contributed by atoms with Gasteiger partial charge < -0.3 is 19.7 Å². The number of nitrogens with zero attached hydrogens (tertiary/aromatic N) is 3. The Balaban J connectivity index is 1.29. The number of carbonyl (C=O) groups is 4. The van der Waals surface area contributed by atoms with Crippen molar-refractivity contribution >= 4 is 23.8 Å². The summed E-state index contributed by atoms with van der Waals surface area (Å²) in [4.78, 5) is 60.5. The van der Waals surface area contributed by atoms with E-state index in [1.807, 2.05) is 6.07 Å². The van der Waals surface area contributed by atoms with Crippen LogP contribution in [0.4, 0.5) is 4.79 Å². The number of aromatic nitrogens is 2. The summed E-state index contributed by atoms with van der Waals surface area (Å²) < 4.78 is 10.6. The van der Waals surface area contributed by atoms with E-state index in [9.17, 15) is 19.2 Å². The Morgan fingerprint density at radius 2 is 1.86 bits per heavy atom. The minimum Gasteiger partial charge on any atom is -0.497 e. The normalized spacial score (nSPS) is 16.9. The first-order chi connectivity index (χ1) is 21.2. The molecule has 0 saturated carbocycles. The fourth-order valence-corrected chi connectivity index (χ4v) is 5.07. The molecule has 4 aromatic rings. The second-order valence-corrected chi connectivity index (χ2v) is 10.2. The Kier molecular flexibility index (Phi) is 7.24. The molecule has 1 atom stereocenters. The molecule has 2 N–H and O–H groups in total. The number of benzene rings is 2. The van der Waals surface area contributed by atoms with Crippen molar-refractivity contribution in [2.24, 2.45) is 0 Å². The van der Waals surface area contributed by atoms with Crippen molar-refractivity contribution < 1.29 is 28.7 Å². The lowest BCUT2D eigenvalue weighted by Crippen LogP contribution is -2.54. The summed E-state index contributed by atoms with van der Waals surface area (Å²) in [6.45, 7) is 1.42. The Labute approximate surface area is 252 Å². The molecule has 1 saturated heterocycles. The van der Waals surface area contributed by atoms with E-state index in [0.717, 1.165) is 11.1 Å². The van der Waals surface area contributed by atoms with Gasteiger partial charge in [0.2, 0.25) is 5.54 Å². The number of rotatable bonds is 6. The molecule has 0 radical (unpaired) electrons. The van der Waals surface area contributed by atoms with Crippen LogP contribution in [0.15, 0.2) is 79.1 Å². The van der Waals surface area contributed by atoms with E-state index in [-0.39, 0.29) is 19.0 Å². The molecule has 2 aliphatic rings. The highest BCUT2D eigenvalue weighted by Crippen LogP contribution is 2.32. The summed E-state index contributed by atoms with van der Waals surface area (Å²) in [5.41, 5.74) is 2.70. The number of imide groups is 1. The van der Waals surface area contributed by atoms with E-state index in [0.29, 0.717) is 39.6 Å². The number of pyridine rings is 2. The standard InChI is InChI=1S/C33H25N5O6/c1-20(39)44-28-12-11-27(23-4-3-15-34-17-23)35-29(28)22-7-5-21(6-8-22)13-14-33(31(41)36-32(42)37-33)19-38-18-24-9-10-25(43-2)16-26(24)30(38)40/h3-12,15-17H,18-19H2,1-2H3,(H2,36,37,41,42)/t33-/m1/s1. The molecule has 2 aliphatic heterocycles. The minimum absolute atomic E-state index is 0.151. The van der Waals surface area contributed by atoms with Gasteiger partial charge in [-0.05, 0) is 54.1 Å². The van der Waals surface area contributed by atoms with Crippen LogP contribution < -0.4 is 20.1 Å². The molecule has 4 heterocycles. The summed E-state index contributed by atoms with van der Waals surface area (Å²) in [7, 11) is 1.52.